The van der Waals surface area contributed by atoms with Crippen molar-refractivity contribution in [1.82, 2.24) is 24.4 Å². The van der Waals surface area contributed by atoms with E-state index in [0.717, 1.165) is 37.4 Å². The van der Waals surface area contributed by atoms with E-state index in [9.17, 15) is 13.6 Å². The van der Waals surface area contributed by atoms with Crippen molar-refractivity contribution in [3.05, 3.63) is 83.7 Å². The first-order valence-corrected chi connectivity index (χ1v) is 11.5. The fourth-order valence-corrected chi connectivity index (χ4v) is 4.32. The molecule has 0 radical (unpaired) electrons. The second kappa shape index (κ2) is 9.89. The van der Waals surface area contributed by atoms with Crippen molar-refractivity contribution >= 4 is 17.2 Å². The molecule has 35 heavy (non-hydrogen) atoms. The molecule has 1 aliphatic rings. The van der Waals surface area contributed by atoms with Crippen molar-refractivity contribution in [3.8, 4) is 11.3 Å². The molecule has 0 unspecified atom stereocenters. The van der Waals surface area contributed by atoms with E-state index in [1.54, 1.807) is 53.3 Å². The maximum Gasteiger partial charge on any atom is 0.264 e. The highest BCUT2D eigenvalue weighted by atomic mass is 19.3. The van der Waals surface area contributed by atoms with E-state index in [1.165, 1.54) is 6.07 Å². The smallest absolute Gasteiger partial charge is 0.264 e. The molecule has 0 spiro atoms. The van der Waals surface area contributed by atoms with Gasteiger partial charge < -0.3 is 10.2 Å². The molecular weight excluding hydrogens is 450 g/mol. The largest absolute Gasteiger partial charge is 0.322 e. The first kappa shape index (κ1) is 23.1. The number of carbonyl (C=O) groups excluding carboxylic acids is 1. The van der Waals surface area contributed by atoms with Crippen molar-refractivity contribution < 1.29 is 13.6 Å². The number of likely N-dealkylation sites (N-methyl/N-ethyl adjacent to an activating group) is 1. The fourth-order valence-electron chi connectivity index (χ4n) is 4.32. The molecule has 0 bridgehead atoms. The lowest BCUT2D eigenvalue weighted by molar-refractivity contribution is 0.102. The van der Waals surface area contributed by atoms with Crippen molar-refractivity contribution in [2.45, 2.75) is 13.0 Å². The van der Waals surface area contributed by atoms with Gasteiger partial charge in [-0.15, -0.1) is 0 Å². The van der Waals surface area contributed by atoms with E-state index in [-0.39, 0.29) is 11.5 Å². The van der Waals surface area contributed by atoms with Crippen LogP contribution in [0.2, 0.25) is 0 Å². The van der Waals surface area contributed by atoms with Gasteiger partial charge in [-0.2, -0.15) is 5.10 Å². The Hall–Kier alpha value is -3.69. The zero-order valence-corrected chi connectivity index (χ0v) is 19.4. The Bertz CT molecular complexity index is 1350. The molecule has 2 aromatic heterocycles. The number of alkyl halides is 2. The lowest BCUT2D eigenvalue weighted by Crippen LogP contribution is -2.44. The summed E-state index contributed by atoms with van der Waals surface area (Å²) in [5.74, 6) is -0.374. The highest BCUT2D eigenvalue weighted by Crippen LogP contribution is 2.28. The Labute approximate surface area is 202 Å². The normalized spacial score (nSPS) is 15.1. The van der Waals surface area contributed by atoms with Gasteiger partial charge in [0.05, 0.1) is 11.9 Å². The molecule has 1 aliphatic heterocycles. The number of hydrogen-bond donors (Lipinski definition) is 1. The second-order valence-corrected chi connectivity index (χ2v) is 8.77. The summed E-state index contributed by atoms with van der Waals surface area (Å²) in [6.45, 7) is 3.99. The number of hydrogen-bond acceptors (Lipinski definition) is 5. The van der Waals surface area contributed by atoms with Crippen LogP contribution in [-0.4, -0.2) is 63.5 Å². The molecule has 5 rings (SSSR count). The van der Waals surface area contributed by atoms with E-state index in [0.29, 0.717) is 29.0 Å². The van der Waals surface area contributed by atoms with Crippen LogP contribution in [0.25, 0.3) is 16.9 Å². The number of piperazine rings is 1. The van der Waals surface area contributed by atoms with Crippen LogP contribution in [0.15, 0.2) is 67.0 Å². The van der Waals surface area contributed by atoms with Gasteiger partial charge in [-0.25, -0.2) is 18.3 Å². The Morgan fingerprint density at radius 1 is 1.06 bits per heavy atom. The van der Waals surface area contributed by atoms with Gasteiger partial charge in [-0.1, -0.05) is 18.2 Å². The highest BCUT2D eigenvalue weighted by molar-refractivity contribution is 6.05. The standard InChI is InChI=1S/C26H26F2N6O/c1-32-10-12-33(13-11-32)17-20-7-8-21(15-22(20)25(27)28)31-26(35)19-5-2-4-18(14-19)23-16-29-24-6-3-9-30-34(23)24/h2-9,14-16,25H,10-13,17H2,1H3,(H,31,35). The van der Waals surface area contributed by atoms with E-state index < -0.39 is 6.43 Å². The number of aromatic nitrogens is 3. The van der Waals surface area contributed by atoms with E-state index in [4.69, 9.17) is 0 Å². The summed E-state index contributed by atoms with van der Waals surface area (Å²) in [5, 5.41) is 7.09. The van der Waals surface area contributed by atoms with Crippen LogP contribution in [0.5, 0.6) is 0 Å². The summed E-state index contributed by atoms with van der Waals surface area (Å²) in [6.07, 6.45) is 0.746. The molecule has 0 atom stereocenters. The van der Waals surface area contributed by atoms with Gasteiger partial charge in [0.25, 0.3) is 12.3 Å². The SMILES string of the molecule is CN1CCN(Cc2ccc(NC(=O)c3cccc(-c4cnc5cccnn45)c3)cc2C(F)F)CC1. The summed E-state index contributed by atoms with van der Waals surface area (Å²) in [4.78, 5) is 21.7. The molecule has 9 heteroatoms. The third-order valence-electron chi connectivity index (χ3n) is 6.33. The second-order valence-electron chi connectivity index (χ2n) is 8.77. The number of nitrogens with zero attached hydrogens (tertiary/aromatic N) is 5. The molecule has 2 aromatic carbocycles. The minimum Gasteiger partial charge on any atom is -0.322 e. The van der Waals surface area contributed by atoms with Crippen molar-refractivity contribution in [2.75, 3.05) is 38.5 Å². The number of amides is 1. The Morgan fingerprint density at radius 3 is 2.69 bits per heavy atom. The average molecular weight is 477 g/mol. The van der Waals surface area contributed by atoms with E-state index in [2.05, 4.69) is 32.2 Å². The van der Waals surface area contributed by atoms with Crippen LogP contribution in [0.3, 0.4) is 0 Å². The summed E-state index contributed by atoms with van der Waals surface area (Å²) < 4.78 is 29.4. The molecule has 0 aliphatic carbocycles. The average Bonchev–Trinajstić information content (AvgIpc) is 3.30. The zero-order chi connectivity index (χ0) is 24.4. The summed E-state index contributed by atoms with van der Waals surface area (Å²) in [5.41, 5.74) is 3.52. The van der Waals surface area contributed by atoms with Gasteiger partial charge in [0, 0.05) is 61.3 Å². The predicted molar refractivity (Wildman–Crippen MR) is 131 cm³/mol. The van der Waals surface area contributed by atoms with Gasteiger partial charge in [-0.3, -0.25) is 9.69 Å². The molecule has 3 heterocycles. The molecule has 4 aromatic rings. The van der Waals surface area contributed by atoms with Gasteiger partial charge in [0.15, 0.2) is 5.65 Å². The minimum absolute atomic E-state index is 0.0488. The quantitative estimate of drug-likeness (QED) is 0.449. The third-order valence-corrected chi connectivity index (χ3v) is 6.33. The molecule has 1 saturated heterocycles. The van der Waals surface area contributed by atoms with Crippen LogP contribution < -0.4 is 5.32 Å². The number of benzene rings is 2. The number of anilines is 1. The number of imidazole rings is 1. The van der Waals surface area contributed by atoms with Crippen molar-refractivity contribution in [2.24, 2.45) is 0 Å². The van der Waals surface area contributed by atoms with E-state index in [1.807, 2.05) is 12.1 Å². The molecule has 1 N–H and O–H groups in total. The lowest BCUT2D eigenvalue weighted by Gasteiger charge is -2.32. The number of fused-ring (bicyclic) bond motifs is 1. The van der Waals surface area contributed by atoms with Gasteiger partial charge in [0.2, 0.25) is 0 Å². The van der Waals surface area contributed by atoms with Crippen LogP contribution in [-0.2, 0) is 6.54 Å². The summed E-state index contributed by atoms with van der Waals surface area (Å²) in [6, 6.07) is 15.5. The molecule has 0 saturated carbocycles. The Morgan fingerprint density at radius 2 is 1.89 bits per heavy atom. The highest BCUT2D eigenvalue weighted by Gasteiger charge is 2.20. The zero-order valence-electron chi connectivity index (χ0n) is 19.4. The van der Waals surface area contributed by atoms with Gasteiger partial charge in [-0.05, 0) is 49.0 Å². The molecule has 1 fully saturated rings. The predicted octanol–water partition coefficient (Wildman–Crippen LogP) is 4.33. The van der Waals surface area contributed by atoms with Gasteiger partial charge in [0.1, 0.15) is 0 Å². The molecular formula is C26H26F2N6O. The maximum atomic E-state index is 13.9. The number of carbonyl (C=O) groups is 1. The van der Waals surface area contributed by atoms with Crippen LogP contribution >= 0.6 is 0 Å². The molecule has 7 nitrogen and oxygen atoms in total. The Balaban J connectivity index is 1.34. The number of rotatable bonds is 6. The maximum absolute atomic E-state index is 13.9. The Kier molecular flexibility index (Phi) is 6.52. The number of nitrogens with one attached hydrogen (secondary N) is 1. The van der Waals surface area contributed by atoms with Crippen LogP contribution in [0, 0.1) is 0 Å². The topological polar surface area (TPSA) is 65.8 Å². The summed E-state index contributed by atoms with van der Waals surface area (Å²) >= 11 is 0. The van der Waals surface area contributed by atoms with Crippen molar-refractivity contribution in [1.29, 1.82) is 0 Å². The van der Waals surface area contributed by atoms with Crippen LogP contribution in [0.4, 0.5) is 14.5 Å². The first-order valence-electron chi connectivity index (χ1n) is 11.5. The monoisotopic (exact) mass is 476 g/mol. The number of halogens is 2. The first-order chi connectivity index (χ1) is 17.0. The summed E-state index contributed by atoms with van der Waals surface area (Å²) in [7, 11) is 2.06. The van der Waals surface area contributed by atoms with Gasteiger partial charge >= 0.3 is 0 Å². The lowest BCUT2D eigenvalue weighted by atomic mass is 10.0. The molecule has 1 amide bonds. The van der Waals surface area contributed by atoms with Crippen molar-refractivity contribution in [3.63, 3.8) is 0 Å². The third kappa shape index (κ3) is 5.06. The minimum atomic E-state index is -2.62. The molecule has 180 valence electrons. The fraction of sp³-hybridized carbons (Fsp3) is 0.269. The van der Waals surface area contributed by atoms with E-state index >= 15 is 0 Å². The van der Waals surface area contributed by atoms with Crippen LogP contribution in [0.1, 0.15) is 27.9 Å².